The van der Waals surface area contributed by atoms with Gasteiger partial charge < -0.3 is 10.6 Å². The van der Waals surface area contributed by atoms with E-state index in [4.69, 9.17) is 10.6 Å². The van der Waals surface area contributed by atoms with E-state index >= 15 is 0 Å². The Kier molecular flexibility index (Phi) is 1.78. The van der Waals surface area contributed by atoms with E-state index in [0.717, 1.165) is 35.2 Å². The highest BCUT2D eigenvalue weighted by Crippen LogP contribution is 2.27. The molecule has 3 aromatic heterocycles. The number of hydrogen-bond donors (Lipinski definition) is 1. The van der Waals surface area contributed by atoms with E-state index in [9.17, 15) is 0 Å². The van der Waals surface area contributed by atoms with Crippen LogP contribution in [-0.2, 0) is 6.42 Å². The van der Waals surface area contributed by atoms with Gasteiger partial charge in [0.2, 0.25) is 0 Å². The molecule has 4 heterocycles. The van der Waals surface area contributed by atoms with Gasteiger partial charge in [-0.2, -0.15) is 4.73 Å². The first kappa shape index (κ1) is 9.64. The number of imidazole rings is 1. The maximum absolute atomic E-state index is 5.96. The average molecular weight is 241 g/mol. The molecule has 6 nitrogen and oxygen atoms in total. The highest BCUT2D eigenvalue weighted by atomic mass is 16.7. The fourth-order valence-corrected chi connectivity index (χ4v) is 2.37. The zero-order chi connectivity index (χ0) is 12.1. The van der Waals surface area contributed by atoms with E-state index in [1.165, 1.54) is 0 Å². The fourth-order valence-electron chi connectivity index (χ4n) is 2.37. The number of hydrogen-bond acceptors (Lipinski definition) is 5. The molecule has 0 atom stereocenters. The summed E-state index contributed by atoms with van der Waals surface area (Å²) in [5.41, 5.74) is 9.01. The van der Waals surface area contributed by atoms with E-state index in [1.54, 1.807) is 10.9 Å². The van der Waals surface area contributed by atoms with E-state index in [0.29, 0.717) is 17.9 Å². The minimum absolute atomic E-state index is 0.427. The van der Waals surface area contributed by atoms with Gasteiger partial charge in [0.1, 0.15) is 29.0 Å². The van der Waals surface area contributed by atoms with Crippen LogP contribution in [0.1, 0.15) is 12.2 Å². The first-order valence-corrected chi connectivity index (χ1v) is 5.89. The molecule has 0 aromatic carbocycles. The number of nitrogens with two attached hydrogens (primary N) is 1. The van der Waals surface area contributed by atoms with Crippen LogP contribution in [0.3, 0.4) is 0 Å². The molecular formula is C12H11N5O. The standard InChI is InChI=1S/C12H11N5O/c13-12-10-11(9-7(15-12)3-1-5-14-9)17-8(16-10)4-2-6-18-17/h1,3,5H,2,4,6H2,(H2,13,15). The van der Waals surface area contributed by atoms with Gasteiger partial charge in [-0.15, -0.1) is 0 Å². The summed E-state index contributed by atoms with van der Waals surface area (Å²) in [6.07, 6.45) is 3.60. The zero-order valence-electron chi connectivity index (χ0n) is 9.63. The molecule has 3 aromatic rings. The maximum atomic E-state index is 5.96. The van der Waals surface area contributed by atoms with Crippen molar-refractivity contribution in [2.45, 2.75) is 12.8 Å². The molecule has 0 bridgehead atoms. The molecule has 18 heavy (non-hydrogen) atoms. The molecular weight excluding hydrogens is 230 g/mol. The number of pyridine rings is 2. The predicted octanol–water partition coefficient (Wildman–Crippen LogP) is 0.936. The summed E-state index contributed by atoms with van der Waals surface area (Å²) in [7, 11) is 0. The van der Waals surface area contributed by atoms with Gasteiger partial charge in [-0.25, -0.2) is 9.97 Å². The molecule has 0 spiro atoms. The lowest BCUT2D eigenvalue weighted by Gasteiger charge is -2.15. The summed E-state index contributed by atoms with van der Waals surface area (Å²) >= 11 is 0. The number of fused-ring (bicyclic) bond motifs is 5. The van der Waals surface area contributed by atoms with Gasteiger partial charge in [0.05, 0.1) is 5.52 Å². The Bertz CT molecular complexity index is 764. The number of aryl methyl sites for hydroxylation is 1. The summed E-state index contributed by atoms with van der Waals surface area (Å²) in [5.74, 6) is 1.32. The molecule has 0 saturated carbocycles. The first-order chi connectivity index (χ1) is 8.84. The van der Waals surface area contributed by atoms with Crippen molar-refractivity contribution >= 4 is 27.9 Å². The van der Waals surface area contributed by atoms with Crippen LogP contribution >= 0.6 is 0 Å². The molecule has 0 amide bonds. The molecule has 90 valence electrons. The van der Waals surface area contributed by atoms with Gasteiger partial charge in [0.15, 0.2) is 5.82 Å². The molecule has 6 heteroatoms. The molecule has 4 rings (SSSR count). The quantitative estimate of drug-likeness (QED) is 0.633. The Morgan fingerprint density at radius 3 is 3.17 bits per heavy atom. The third-order valence-electron chi connectivity index (χ3n) is 3.16. The highest BCUT2D eigenvalue weighted by Gasteiger charge is 2.21. The lowest BCUT2D eigenvalue weighted by atomic mass is 10.3. The van der Waals surface area contributed by atoms with Crippen LogP contribution < -0.4 is 10.6 Å². The first-order valence-electron chi connectivity index (χ1n) is 5.89. The monoisotopic (exact) mass is 241 g/mol. The molecule has 0 unspecified atom stereocenters. The molecule has 0 radical (unpaired) electrons. The molecule has 1 aliphatic heterocycles. The van der Waals surface area contributed by atoms with E-state index in [-0.39, 0.29) is 0 Å². The van der Waals surface area contributed by atoms with Crippen LogP contribution in [0.2, 0.25) is 0 Å². The van der Waals surface area contributed by atoms with Crippen LogP contribution in [-0.4, -0.2) is 26.3 Å². The van der Waals surface area contributed by atoms with Crippen LogP contribution in [0.4, 0.5) is 5.82 Å². The normalized spacial score (nSPS) is 14.7. The van der Waals surface area contributed by atoms with Crippen molar-refractivity contribution < 1.29 is 4.84 Å². The Labute approximate surface area is 102 Å². The summed E-state index contributed by atoms with van der Waals surface area (Å²) in [6.45, 7) is 0.689. The van der Waals surface area contributed by atoms with Gasteiger partial charge in [-0.05, 0) is 18.6 Å². The van der Waals surface area contributed by atoms with Crippen molar-refractivity contribution in [3.05, 3.63) is 24.2 Å². The topological polar surface area (TPSA) is 78.9 Å². The molecule has 2 N–H and O–H groups in total. The Morgan fingerprint density at radius 1 is 1.28 bits per heavy atom. The van der Waals surface area contributed by atoms with E-state index in [1.807, 2.05) is 12.1 Å². The van der Waals surface area contributed by atoms with Crippen LogP contribution in [0, 0.1) is 0 Å². The van der Waals surface area contributed by atoms with Gasteiger partial charge in [-0.3, -0.25) is 4.98 Å². The van der Waals surface area contributed by atoms with Gasteiger partial charge in [0, 0.05) is 12.6 Å². The number of rotatable bonds is 0. The van der Waals surface area contributed by atoms with Gasteiger partial charge in [0.25, 0.3) is 0 Å². The minimum Gasteiger partial charge on any atom is -0.412 e. The van der Waals surface area contributed by atoms with Crippen molar-refractivity contribution in [2.24, 2.45) is 0 Å². The van der Waals surface area contributed by atoms with Crippen LogP contribution in [0.15, 0.2) is 18.3 Å². The number of aromatic nitrogens is 4. The lowest BCUT2D eigenvalue weighted by molar-refractivity contribution is 0.0892. The average Bonchev–Trinajstić information content (AvgIpc) is 2.79. The summed E-state index contributed by atoms with van der Waals surface area (Å²) in [5, 5.41) is 0. The van der Waals surface area contributed by atoms with Gasteiger partial charge in [-0.1, -0.05) is 0 Å². The third-order valence-corrected chi connectivity index (χ3v) is 3.16. The van der Waals surface area contributed by atoms with Crippen molar-refractivity contribution in [3.8, 4) is 0 Å². The smallest absolute Gasteiger partial charge is 0.152 e. The third kappa shape index (κ3) is 1.14. The number of anilines is 1. The largest absolute Gasteiger partial charge is 0.412 e. The second kappa shape index (κ2) is 3.32. The summed E-state index contributed by atoms with van der Waals surface area (Å²) in [6, 6.07) is 3.73. The fraction of sp³-hybridized carbons (Fsp3) is 0.250. The Hall–Kier alpha value is -2.37. The molecule has 0 saturated heterocycles. The van der Waals surface area contributed by atoms with Crippen LogP contribution in [0.5, 0.6) is 0 Å². The van der Waals surface area contributed by atoms with E-state index in [2.05, 4.69) is 15.0 Å². The lowest BCUT2D eigenvalue weighted by Crippen LogP contribution is -2.21. The molecule has 0 fully saturated rings. The van der Waals surface area contributed by atoms with Crippen molar-refractivity contribution in [3.63, 3.8) is 0 Å². The van der Waals surface area contributed by atoms with Crippen molar-refractivity contribution in [1.29, 1.82) is 0 Å². The van der Waals surface area contributed by atoms with Crippen molar-refractivity contribution in [1.82, 2.24) is 19.7 Å². The predicted molar refractivity (Wildman–Crippen MR) is 67.0 cm³/mol. The number of nitrogens with zero attached hydrogens (tertiary/aromatic N) is 4. The zero-order valence-corrected chi connectivity index (χ0v) is 9.63. The highest BCUT2D eigenvalue weighted by molar-refractivity contribution is 6.04. The van der Waals surface area contributed by atoms with Gasteiger partial charge >= 0.3 is 0 Å². The second-order valence-corrected chi connectivity index (χ2v) is 4.32. The maximum Gasteiger partial charge on any atom is 0.152 e. The summed E-state index contributed by atoms with van der Waals surface area (Å²) in [4.78, 5) is 18.9. The minimum atomic E-state index is 0.427. The number of nitrogen functional groups attached to an aromatic ring is 1. The van der Waals surface area contributed by atoms with Crippen molar-refractivity contribution in [2.75, 3.05) is 12.3 Å². The Morgan fingerprint density at radius 2 is 2.22 bits per heavy atom. The second-order valence-electron chi connectivity index (χ2n) is 4.32. The summed E-state index contributed by atoms with van der Waals surface area (Å²) < 4.78 is 1.76. The SMILES string of the molecule is Nc1nc2cccnc2c2c1nc1n2OCCC1. The molecule has 1 aliphatic rings. The van der Waals surface area contributed by atoms with E-state index < -0.39 is 0 Å². The van der Waals surface area contributed by atoms with Crippen LogP contribution in [0.25, 0.3) is 22.1 Å². The molecule has 0 aliphatic carbocycles. The Balaban J connectivity index is 2.24.